The summed E-state index contributed by atoms with van der Waals surface area (Å²) in [6.07, 6.45) is -4.49. The zero-order chi connectivity index (χ0) is 9.02. The highest BCUT2D eigenvalue weighted by atomic mass is 16.4. The van der Waals surface area contributed by atoms with Crippen LogP contribution in [0.15, 0.2) is 0 Å². The number of rotatable bonds is 4. The summed E-state index contributed by atoms with van der Waals surface area (Å²) in [5.74, 6) is -1.21. The van der Waals surface area contributed by atoms with Gasteiger partial charge >= 0.3 is 5.97 Å². The van der Waals surface area contributed by atoms with Crippen LogP contribution >= 0.6 is 0 Å². The molecule has 0 aliphatic heterocycles. The Hall–Kier alpha value is -0.650. The van der Waals surface area contributed by atoms with Gasteiger partial charge in [0.1, 0.15) is 6.10 Å². The number of carbonyl (C=O) groups is 1. The van der Waals surface area contributed by atoms with Crippen molar-refractivity contribution in [1.29, 1.82) is 0 Å². The standard InChI is InChI=1S/C6H12O5/c1-3(7)6(11)4(8)2-5(9)10/h3-4,6-8,11H,2H2,1H3,(H,9,10). The molecule has 5 nitrogen and oxygen atoms in total. The highest BCUT2D eigenvalue weighted by molar-refractivity contribution is 5.67. The van der Waals surface area contributed by atoms with Crippen molar-refractivity contribution in [2.75, 3.05) is 0 Å². The largest absolute Gasteiger partial charge is 0.481 e. The maximum Gasteiger partial charge on any atom is 0.306 e. The number of carboxylic acids is 1. The minimum absolute atomic E-state index is 0.563. The van der Waals surface area contributed by atoms with Crippen molar-refractivity contribution in [3.05, 3.63) is 0 Å². The third-order valence-electron chi connectivity index (χ3n) is 1.27. The summed E-state index contributed by atoms with van der Waals surface area (Å²) in [4.78, 5) is 9.98. The molecule has 0 bridgehead atoms. The van der Waals surface area contributed by atoms with Crippen LogP contribution in [0.3, 0.4) is 0 Å². The van der Waals surface area contributed by atoms with Crippen LogP contribution in [-0.2, 0) is 4.79 Å². The highest BCUT2D eigenvalue weighted by Gasteiger charge is 2.23. The number of hydrogen-bond acceptors (Lipinski definition) is 4. The van der Waals surface area contributed by atoms with Gasteiger partial charge in [-0.25, -0.2) is 0 Å². The lowest BCUT2D eigenvalue weighted by Crippen LogP contribution is -2.36. The van der Waals surface area contributed by atoms with E-state index in [-0.39, 0.29) is 0 Å². The molecule has 3 unspecified atom stereocenters. The Kier molecular flexibility index (Phi) is 4.02. The summed E-state index contributed by atoms with van der Waals surface area (Å²) in [5.41, 5.74) is 0. The van der Waals surface area contributed by atoms with Crippen molar-refractivity contribution in [3.63, 3.8) is 0 Å². The van der Waals surface area contributed by atoms with Gasteiger partial charge in [-0.3, -0.25) is 4.79 Å². The maximum atomic E-state index is 9.98. The molecule has 66 valence electrons. The predicted molar refractivity (Wildman–Crippen MR) is 35.9 cm³/mol. The Morgan fingerprint density at radius 3 is 2.09 bits per heavy atom. The van der Waals surface area contributed by atoms with Crippen molar-refractivity contribution >= 4 is 5.97 Å². The van der Waals surface area contributed by atoms with Gasteiger partial charge in [0.2, 0.25) is 0 Å². The molecule has 11 heavy (non-hydrogen) atoms. The summed E-state index contributed by atoms with van der Waals surface area (Å²) in [5, 5.41) is 34.6. The first-order valence-electron chi connectivity index (χ1n) is 3.21. The lowest BCUT2D eigenvalue weighted by molar-refractivity contribution is -0.142. The Morgan fingerprint density at radius 2 is 1.82 bits per heavy atom. The van der Waals surface area contributed by atoms with Crippen LogP contribution < -0.4 is 0 Å². The average molecular weight is 164 g/mol. The van der Waals surface area contributed by atoms with E-state index in [1.807, 2.05) is 0 Å². The van der Waals surface area contributed by atoms with E-state index in [1.165, 1.54) is 6.92 Å². The van der Waals surface area contributed by atoms with Gasteiger partial charge in [0, 0.05) is 0 Å². The Morgan fingerprint density at radius 1 is 1.36 bits per heavy atom. The van der Waals surface area contributed by atoms with Crippen LogP contribution in [0.5, 0.6) is 0 Å². The minimum atomic E-state index is -1.41. The fourth-order valence-electron chi connectivity index (χ4n) is 0.621. The molecule has 0 fully saturated rings. The number of hydrogen-bond donors (Lipinski definition) is 4. The SMILES string of the molecule is CC(O)C(O)C(O)CC(=O)O. The molecule has 0 saturated heterocycles. The van der Waals surface area contributed by atoms with Crippen molar-refractivity contribution in [3.8, 4) is 0 Å². The topological polar surface area (TPSA) is 98.0 Å². The average Bonchev–Trinajstić information content (AvgIpc) is 1.84. The van der Waals surface area contributed by atoms with Crippen LogP contribution in [0.25, 0.3) is 0 Å². The molecule has 5 heteroatoms. The first-order chi connectivity index (χ1) is 4.95. The second kappa shape index (κ2) is 4.27. The Labute approximate surface area is 63.9 Å². The van der Waals surface area contributed by atoms with Crippen LogP contribution in [-0.4, -0.2) is 44.7 Å². The maximum absolute atomic E-state index is 9.98. The molecule has 0 radical (unpaired) electrons. The lowest BCUT2D eigenvalue weighted by atomic mass is 10.1. The predicted octanol–water partition coefficient (Wildman–Crippen LogP) is -1.44. The first kappa shape index (κ1) is 10.3. The molecule has 0 saturated carbocycles. The molecular weight excluding hydrogens is 152 g/mol. The molecule has 0 aromatic carbocycles. The molecule has 0 rings (SSSR count). The Balaban J connectivity index is 3.82. The first-order valence-corrected chi connectivity index (χ1v) is 3.21. The molecule has 0 aliphatic carbocycles. The van der Waals surface area contributed by atoms with Crippen molar-refractivity contribution < 1.29 is 25.2 Å². The Bertz CT molecular complexity index is 133. The second-order valence-corrected chi connectivity index (χ2v) is 2.40. The third-order valence-corrected chi connectivity index (χ3v) is 1.27. The number of carboxylic acid groups (broad SMARTS) is 1. The van der Waals surface area contributed by atoms with Crippen molar-refractivity contribution in [2.45, 2.75) is 31.7 Å². The van der Waals surface area contributed by atoms with Gasteiger partial charge in [-0.1, -0.05) is 0 Å². The molecular formula is C6H12O5. The zero-order valence-electron chi connectivity index (χ0n) is 6.14. The van der Waals surface area contributed by atoms with Crippen LogP contribution in [0, 0.1) is 0 Å². The van der Waals surface area contributed by atoms with Gasteiger partial charge < -0.3 is 20.4 Å². The third kappa shape index (κ3) is 3.92. The number of aliphatic hydroxyl groups is 3. The molecule has 0 aromatic rings. The number of aliphatic carboxylic acids is 1. The van der Waals surface area contributed by atoms with E-state index in [0.29, 0.717) is 0 Å². The summed E-state index contributed by atoms with van der Waals surface area (Å²) in [6, 6.07) is 0. The fourth-order valence-corrected chi connectivity index (χ4v) is 0.621. The molecule has 0 amide bonds. The van der Waals surface area contributed by atoms with Crippen LogP contribution in [0.4, 0.5) is 0 Å². The van der Waals surface area contributed by atoms with E-state index in [1.54, 1.807) is 0 Å². The highest BCUT2D eigenvalue weighted by Crippen LogP contribution is 2.03. The van der Waals surface area contributed by atoms with Gasteiger partial charge in [0.15, 0.2) is 0 Å². The van der Waals surface area contributed by atoms with Gasteiger partial charge in [0.05, 0.1) is 18.6 Å². The van der Waals surface area contributed by atoms with Gasteiger partial charge in [-0.15, -0.1) is 0 Å². The van der Waals surface area contributed by atoms with E-state index >= 15 is 0 Å². The second-order valence-electron chi connectivity index (χ2n) is 2.40. The number of aliphatic hydroxyl groups excluding tert-OH is 3. The molecule has 0 spiro atoms. The van der Waals surface area contributed by atoms with E-state index in [2.05, 4.69) is 0 Å². The normalized spacial score (nSPS) is 18.9. The van der Waals surface area contributed by atoms with E-state index < -0.39 is 30.7 Å². The van der Waals surface area contributed by atoms with Crippen molar-refractivity contribution in [2.24, 2.45) is 0 Å². The van der Waals surface area contributed by atoms with Gasteiger partial charge in [-0.05, 0) is 6.92 Å². The van der Waals surface area contributed by atoms with E-state index in [0.717, 1.165) is 0 Å². The van der Waals surface area contributed by atoms with Gasteiger partial charge in [-0.2, -0.15) is 0 Å². The molecule has 3 atom stereocenters. The molecule has 0 heterocycles. The summed E-state index contributed by atoms with van der Waals surface area (Å²) in [6.45, 7) is 1.27. The lowest BCUT2D eigenvalue weighted by Gasteiger charge is -2.18. The zero-order valence-corrected chi connectivity index (χ0v) is 6.14. The van der Waals surface area contributed by atoms with E-state index in [4.69, 9.17) is 20.4 Å². The summed E-state index contributed by atoms with van der Waals surface area (Å²) >= 11 is 0. The smallest absolute Gasteiger partial charge is 0.306 e. The van der Waals surface area contributed by atoms with E-state index in [9.17, 15) is 4.79 Å². The molecule has 4 N–H and O–H groups in total. The quantitative estimate of drug-likeness (QED) is 0.408. The van der Waals surface area contributed by atoms with Crippen LogP contribution in [0.1, 0.15) is 13.3 Å². The summed E-state index contributed by atoms with van der Waals surface area (Å²) < 4.78 is 0. The molecule has 0 aromatic heterocycles. The van der Waals surface area contributed by atoms with Gasteiger partial charge in [0.25, 0.3) is 0 Å². The minimum Gasteiger partial charge on any atom is -0.481 e. The summed E-state index contributed by atoms with van der Waals surface area (Å²) in [7, 11) is 0. The van der Waals surface area contributed by atoms with Crippen molar-refractivity contribution in [1.82, 2.24) is 0 Å². The molecule has 0 aliphatic rings. The fraction of sp³-hybridized carbons (Fsp3) is 0.833. The monoisotopic (exact) mass is 164 g/mol. The van der Waals surface area contributed by atoms with Crippen LogP contribution in [0.2, 0.25) is 0 Å².